The first-order valence-electron chi connectivity index (χ1n) is 8.33. The number of carbonyl (C=O) groups is 1. The number of aromatic carboxylic acids is 1. The number of rotatable bonds is 13. The molecule has 11 heteroatoms. The van der Waals surface area contributed by atoms with E-state index in [0.29, 0.717) is 0 Å². The van der Waals surface area contributed by atoms with Gasteiger partial charge in [-0.1, -0.05) is 0 Å². The lowest BCUT2D eigenvalue weighted by atomic mass is 10.3. The summed E-state index contributed by atoms with van der Waals surface area (Å²) in [5.41, 5.74) is 0.271. The summed E-state index contributed by atoms with van der Waals surface area (Å²) >= 11 is 0. The molecule has 1 aromatic heterocycles. The Kier molecular flexibility index (Phi) is 9.24. The zero-order chi connectivity index (χ0) is 19.8. The lowest BCUT2D eigenvalue weighted by Gasteiger charge is -2.18. The normalized spacial score (nSPS) is 12.5. The molecule has 0 bridgehead atoms. The fourth-order valence-electron chi connectivity index (χ4n) is 2.27. The van der Waals surface area contributed by atoms with E-state index in [-0.39, 0.29) is 55.8 Å². The van der Waals surface area contributed by atoms with Crippen molar-refractivity contribution in [3.8, 4) is 0 Å². The predicted octanol–water partition coefficient (Wildman–Crippen LogP) is 4.51. The number of carboxylic acid groups (broad SMARTS) is 1. The van der Waals surface area contributed by atoms with Gasteiger partial charge < -0.3 is 27.6 Å². The van der Waals surface area contributed by atoms with Crippen LogP contribution in [0.1, 0.15) is 49.6 Å². The molecule has 0 radical (unpaired) electrons. The number of furan rings is 1. The second kappa shape index (κ2) is 10.4. The van der Waals surface area contributed by atoms with Crippen LogP contribution in [0.15, 0.2) is 10.5 Å². The molecule has 0 aliphatic carbocycles. The Balaban J connectivity index is 3.24. The Labute approximate surface area is 153 Å². The van der Waals surface area contributed by atoms with Crippen molar-refractivity contribution in [2.75, 3.05) is 26.4 Å². The van der Waals surface area contributed by atoms with Crippen LogP contribution in [0.4, 0.5) is 0 Å². The van der Waals surface area contributed by atoms with Gasteiger partial charge in [0.25, 0.3) is 0 Å². The van der Waals surface area contributed by atoms with Crippen LogP contribution in [0.5, 0.6) is 0 Å². The van der Waals surface area contributed by atoms with E-state index in [2.05, 4.69) is 0 Å². The summed E-state index contributed by atoms with van der Waals surface area (Å²) in [5, 5.41) is 9.18. The van der Waals surface area contributed by atoms with Gasteiger partial charge in [0.15, 0.2) is 0 Å². The van der Waals surface area contributed by atoms with Gasteiger partial charge in [-0.05, 0) is 33.8 Å². The zero-order valence-electron chi connectivity index (χ0n) is 15.4. The molecule has 1 aromatic rings. The molecule has 0 spiro atoms. The Morgan fingerprint density at radius 3 is 1.73 bits per heavy atom. The van der Waals surface area contributed by atoms with Crippen LogP contribution in [0.3, 0.4) is 0 Å². The fraction of sp³-hybridized carbons (Fsp3) is 0.667. The largest absolute Gasteiger partial charge is 0.475 e. The van der Waals surface area contributed by atoms with Crippen molar-refractivity contribution >= 4 is 21.2 Å². The van der Waals surface area contributed by atoms with Gasteiger partial charge in [-0.3, -0.25) is 9.13 Å². The van der Waals surface area contributed by atoms with E-state index in [9.17, 15) is 19.0 Å². The Morgan fingerprint density at radius 2 is 1.35 bits per heavy atom. The van der Waals surface area contributed by atoms with Crippen LogP contribution in [-0.4, -0.2) is 37.5 Å². The Morgan fingerprint density at radius 1 is 0.923 bits per heavy atom. The van der Waals surface area contributed by atoms with Gasteiger partial charge >= 0.3 is 21.2 Å². The van der Waals surface area contributed by atoms with Crippen molar-refractivity contribution in [3.63, 3.8) is 0 Å². The van der Waals surface area contributed by atoms with Gasteiger partial charge in [0.05, 0.1) is 32.6 Å². The molecular formula is C15H26O9P2. The van der Waals surface area contributed by atoms with E-state index in [1.54, 1.807) is 27.7 Å². The quantitative estimate of drug-likeness (QED) is 0.466. The summed E-state index contributed by atoms with van der Waals surface area (Å²) in [6.45, 7) is 7.28. The van der Waals surface area contributed by atoms with Crippen LogP contribution < -0.4 is 0 Å². The van der Waals surface area contributed by atoms with Gasteiger partial charge in [0.1, 0.15) is 11.9 Å². The third-order valence-corrected chi connectivity index (χ3v) is 7.12. The van der Waals surface area contributed by atoms with Gasteiger partial charge in [0.2, 0.25) is 5.76 Å². The summed E-state index contributed by atoms with van der Waals surface area (Å²) in [5.74, 6) is -1.61. The first kappa shape index (κ1) is 23.1. The maximum absolute atomic E-state index is 12.8. The molecule has 9 nitrogen and oxygen atoms in total. The van der Waals surface area contributed by atoms with Crippen molar-refractivity contribution in [1.29, 1.82) is 0 Å². The molecule has 1 rings (SSSR count). The summed E-state index contributed by atoms with van der Waals surface area (Å²) in [7, 11) is -7.04. The highest BCUT2D eigenvalue weighted by Crippen LogP contribution is 2.55. The van der Waals surface area contributed by atoms with Crippen molar-refractivity contribution in [3.05, 3.63) is 23.2 Å². The maximum atomic E-state index is 12.8. The van der Waals surface area contributed by atoms with Crippen LogP contribution in [0.2, 0.25) is 0 Å². The highest BCUT2D eigenvalue weighted by molar-refractivity contribution is 7.53. The Bertz CT molecular complexity index is 613. The SMILES string of the molecule is CCOP(=O)(Cc1cc(C(=O)O)oc1CP(=O)(OCC)OCC)OCC. The minimum atomic E-state index is -3.54. The lowest BCUT2D eigenvalue weighted by molar-refractivity contribution is 0.0660. The topological polar surface area (TPSA) is 122 Å². The molecular weight excluding hydrogens is 386 g/mol. The molecule has 150 valence electrons. The van der Waals surface area contributed by atoms with E-state index in [4.69, 9.17) is 22.5 Å². The smallest absolute Gasteiger partial charge is 0.371 e. The fourth-order valence-corrected chi connectivity index (χ4v) is 5.66. The van der Waals surface area contributed by atoms with Crippen molar-refractivity contribution in [2.45, 2.75) is 40.0 Å². The molecule has 0 atom stereocenters. The molecule has 0 aromatic carbocycles. The molecule has 0 saturated carbocycles. The average molecular weight is 412 g/mol. The summed E-state index contributed by atoms with van der Waals surface area (Å²) in [4.78, 5) is 11.2. The summed E-state index contributed by atoms with van der Waals surface area (Å²) < 4.78 is 51.7. The molecule has 0 aliphatic rings. The van der Waals surface area contributed by atoms with E-state index < -0.39 is 21.2 Å². The third kappa shape index (κ3) is 6.65. The standard InChI is InChI=1S/C15H26O9P2/c1-5-20-25(18,21-6-2)10-12-9-13(15(16)17)24-14(12)11-26(19,22-7-3)23-8-4/h9H,5-8,10-11H2,1-4H3,(H,16,17). The van der Waals surface area contributed by atoms with Gasteiger partial charge in [-0.25, -0.2) is 4.79 Å². The molecule has 1 heterocycles. The second-order valence-electron chi connectivity index (χ2n) is 5.07. The molecule has 26 heavy (non-hydrogen) atoms. The molecule has 0 aliphatic heterocycles. The molecule has 0 fully saturated rings. The van der Waals surface area contributed by atoms with Gasteiger partial charge in [-0.2, -0.15) is 0 Å². The zero-order valence-corrected chi connectivity index (χ0v) is 17.2. The van der Waals surface area contributed by atoms with Crippen LogP contribution in [0, 0.1) is 0 Å². The van der Waals surface area contributed by atoms with Crippen LogP contribution >= 0.6 is 15.2 Å². The lowest BCUT2D eigenvalue weighted by Crippen LogP contribution is -2.02. The number of hydrogen-bond donors (Lipinski definition) is 1. The van der Waals surface area contributed by atoms with Crippen molar-refractivity contribution in [1.82, 2.24) is 0 Å². The first-order valence-corrected chi connectivity index (χ1v) is 11.8. The van der Waals surface area contributed by atoms with E-state index in [1.807, 2.05) is 0 Å². The average Bonchev–Trinajstić information content (AvgIpc) is 2.90. The number of hydrogen-bond acceptors (Lipinski definition) is 8. The summed E-state index contributed by atoms with van der Waals surface area (Å²) in [6, 6.07) is 1.23. The summed E-state index contributed by atoms with van der Waals surface area (Å²) in [6.07, 6.45) is -0.491. The number of carboxylic acids is 1. The van der Waals surface area contributed by atoms with Gasteiger partial charge in [0, 0.05) is 5.56 Å². The predicted molar refractivity (Wildman–Crippen MR) is 94.8 cm³/mol. The van der Waals surface area contributed by atoms with E-state index in [1.165, 1.54) is 6.07 Å². The monoisotopic (exact) mass is 412 g/mol. The minimum Gasteiger partial charge on any atom is -0.475 e. The third-order valence-electron chi connectivity index (χ3n) is 3.11. The molecule has 0 saturated heterocycles. The van der Waals surface area contributed by atoms with Crippen molar-refractivity contribution < 1.29 is 41.5 Å². The maximum Gasteiger partial charge on any atom is 0.371 e. The van der Waals surface area contributed by atoms with Gasteiger partial charge in [-0.15, -0.1) is 0 Å². The molecule has 1 N–H and O–H groups in total. The van der Waals surface area contributed by atoms with E-state index >= 15 is 0 Å². The van der Waals surface area contributed by atoms with E-state index in [0.717, 1.165) is 0 Å². The first-order chi connectivity index (χ1) is 12.2. The molecule has 0 amide bonds. The molecule has 0 unspecified atom stereocenters. The van der Waals surface area contributed by atoms with Crippen LogP contribution in [-0.2, 0) is 39.5 Å². The highest BCUT2D eigenvalue weighted by atomic mass is 31.2. The minimum absolute atomic E-state index is 0.0623. The highest BCUT2D eigenvalue weighted by Gasteiger charge is 2.33. The second-order valence-corrected chi connectivity index (χ2v) is 9.18. The van der Waals surface area contributed by atoms with Crippen molar-refractivity contribution in [2.24, 2.45) is 0 Å². The Hall–Kier alpha value is -0.950. The van der Waals surface area contributed by atoms with Crippen LogP contribution in [0.25, 0.3) is 0 Å².